The number of nitrogens with zero attached hydrogens (tertiary/aromatic N) is 3. The highest BCUT2D eigenvalue weighted by Crippen LogP contribution is 2.05. The first-order valence-electron chi connectivity index (χ1n) is 5.83. The minimum absolute atomic E-state index is 0.121. The van der Waals surface area contributed by atoms with Crippen LogP contribution in [0.15, 0.2) is 22.9 Å². The highest BCUT2D eigenvalue weighted by atomic mass is 16.5. The molecule has 0 bridgehead atoms. The molecule has 2 aromatic heterocycles. The number of nitrogens with one attached hydrogen (secondary N) is 1. The lowest BCUT2D eigenvalue weighted by molar-refractivity contribution is 0.0690. The Hall–Kier alpha value is -2.77. The van der Waals surface area contributed by atoms with Crippen LogP contribution in [0.25, 0.3) is 0 Å². The quantitative estimate of drug-likeness (QED) is 0.813. The molecule has 0 fully saturated rings. The lowest BCUT2D eigenvalue weighted by Crippen LogP contribution is -2.28. The molecule has 8 heteroatoms. The van der Waals surface area contributed by atoms with Gasteiger partial charge in [-0.15, -0.1) is 0 Å². The van der Waals surface area contributed by atoms with Gasteiger partial charge in [0.25, 0.3) is 5.91 Å². The Kier molecular flexibility index (Phi) is 4.04. The molecule has 0 saturated heterocycles. The molecule has 0 unspecified atom stereocenters. The third kappa shape index (κ3) is 3.16. The van der Waals surface area contributed by atoms with Crippen LogP contribution in [0, 0.1) is 6.92 Å². The number of rotatable bonds is 5. The molecule has 2 heterocycles. The normalized spacial score (nSPS) is 10.2. The molecule has 0 spiro atoms. The number of hydrogen-bond donors (Lipinski definition) is 2. The van der Waals surface area contributed by atoms with Crippen molar-refractivity contribution in [1.82, 2.24) is 20.4 Å². The minimum atomic E-state index is -1.20. The van der Waals surface area contributed by atoms with E-state index in [-0.39, 0.29) is 17.8 Å². The first kappa shape index (κ1) is 13.7. The Morgan fingerprint density at radius 3 is 2.90 bits per heavy atom. The summed E-state index contributed by atoms with van der Waals surface area (Å²) >= 11 is 0. The van der Waals surface area contributed by atoms with E-state index in [2.05, 4.69) is 20.4 Å². The van der Waals surface area contributed by atoms with Crippen LogP contribution < -0.4 is 5.32 Å². The molecule has 0 aliphatic rings. The van der Waals surface area contributed by atoms with Gasteiger partial charge in [0.1, 0.15) is 5.69 Å². The summed E-state index contributed by atoms with van der Waals surface area (Å²) in [4.78, 5) is 30.6. The first-order valence-corrected chi connectivity index (χ1v) is 5.83. The number of pyridine rings is 1. The summed E-state index contributed by atoms with van der Waals surface area (Å²) in [5.74, 6) is -0.827. The molecule has 20 heavy (non-hydrogen) atoms. The van der Waals surface area contributed by atoms with E-state index < -0.39 is 11.9 Å². The number of carbonyl (C=O) groups excluding carboxylic acids is 1. The molecule has 0 aromatic carbocycles. The summed E-state index contributed by atoms with van der Waals surface area (Å²) in [5, 5.41) is 15.2. The van der Waals surface area contributed by atoms with Crippen LogP contribution >= 0.6 is 0 Å². The van der Waals surface area contributed by atoms with Gasteiger partial charge in [-0.05, 0) is 12.1 Å². The number of hydrogen-bond acceptors (Lipinski definition) is 6. The Morgan fingerprint density at radius 2 is 2.25 bits per heavy atom. The van der Waals surface area contributed by atoms with E-state index in [0.717, 1.165) is 0 Å². The lowest BCUT2D eigenvalue weighted by Gasteiger charge is -2.05. The van der Waals surface area contributed by atoms with Crippen molar-refractivity contribution in [3.63, 3.8) is 0 Å². The molecule has 0 radical (unpaired) electrons. The van der Waals surface area contributed by atoms with Crippen LogP contribution in [0.5, 0.6) is 0 Å². The Labute approximate surface area is 113 Å². The van der Waals surface area contributed by atoms with Gasteiger partial charge >= 0.3 is 5.97 Å². The van der Waals surface area contributed by atoms with Gasteiger partial charge in [0, 0.05) is 26.1 Å². The second-order valence-electron chi connectivity index (χ2n) is 3.94. The Bertz CT molecular complexity index is 638. The molecule has 0 saturated carbocycles. The van der Waals surface area contributed by atoms with E-state index in [1.54, 1.807) is 6.92 Å². The van der Waals surface area contributed by atoms with Crippen LogP contribution in [0.2, 0.25) is 0 Å². The average Bonchev–Trinajstić information content (AvgIpc) is 2.84. The number of carboxylic acid groups (broad SMARTS) is 1. The third-order valence-electron chi connectivity index (χ3n) is 2.46. The molecular weight excluding hydrogens is 264 g/mol. The Balaban J connectivity index is 1.97. The molecular formula is C12H12N4O4. The molecule has 0 aliphatic heterocycles. The van der Waals surface area contributed by atoms with Crippen molar-refractivity contribution in [3.8, 4) is 0 Å². The second-order valence-corrected chi connectivity index (χ2v) is 3.94. The first-order chi connectivity index (χ1) is 9.58. The number of aromatic carboxylic acids is 1. The predicted octanol–water partition coefficient (Wildman–Crippen LogP) is 0.444. The SMILES string of the molecule is Cc1nc(CCNC(=O)c2ncccc2C(=O)O)no1. The van der Waals surface area contributed by atoms with Gasteiger partial charge in [-0.3, -0.25) is 9.78 Å². The molecule has 8 nitrogen and oxygen atoms in total. The number of carbonyl (C=O) groups is 2. The summed E-state index contributed by atoms with van der Waals surface area (Å²) in [5.41, 5.74) is -0.260. The standard InChI is InChI=1S/C12H12N4O4/c1-7-15-9(16-20-7)4-6-14-11(17)10-8(12(18)19)3-2-5-13-10/h2-3,5H,4,6H2,1H3,(H,14,17)(H,18,19). The molecule has 2 aromatic rings. The molecule has 0 atom stereocenters. The fraction of sp³-hybridized carbons (Fsp3) is 0.250. The van der Waals surface area contributed by atoms with Crippen LogP contribution in [-0.4, -0.2) is 38.7 Å². The number of aromatic nitrogens is 3. The van der Waals surface area contributed by atoms with Crippen molar-refractivity contribution in [2.24, 2.45) is 0 Å². The van der Waals surface area contributed by atoms with Crippen molar-refractivity contribution in [3.05, 3.63) is 41.3 Å². The predicted molar refractivity (Wildman–Crippen MR) is 66.3 cm³/mol. The van der Waals surface area contributed by atoms with Gasteiger partial charge in [0.2, 0.25) is 5.89 Å². The maximum atomic E-state index is 11.9. The van der Waals surface area contributed by atoms with E-state index in [1.807, 2.05) is 0 Å². The molecule has 2 rings (SSSR count). The molecule has 2 N–H and O–H groups in total. The van der Waals surface area contributed by atoms with E-state index in [0.29, 0.717) is 18.1 Å². The fourth-order valence-electron chi connectivity index (χ4n) is 1.57. The van der Waals surface area contributed by atoms with Gasteiger partial charge in [0.15, 0.2) is 5.82 Å². The van der Waals surface area contributed by atoms with E-state index in [4.69, 9.17) is 9.63 Å². The second kappa shape index (κ2) is 5.91. The zero-order valence-corrected chi connectivity index (χ0v) is 10.7. The monoisotopic (exact) mass is 276 g/mol. The minimum Gasteiger partial charge on any atom is -0.478 e. The Morgan fingerprint density at radius 1 is 1.45 bits per heavy atom. The van der Waals surface area contributed by atoms with Gasteiger partial charge in [-0.25, -0.2) is 4.79 Å². The van der Waals surface area contributed by atoms with E-state index in [9.17, 15) is 9.59 Å². The van der Waals surface area contributed by atoms with Crippen molar-refractivity contribution in [1.29, 1.82) is 0 Å². The van der Waals surface area contributed by atoms with Crippen LogP contribution in [0.4, 0.5) is 0 Å². The maximum absolute atomic E-state index is 11.9. The smallest absolute Gasteiger partial charge is 0.338 e. The summed E-state index contributed by atoms with van der Waals surface area (Å²) in [6, 6.07) is 2.79. The van der Waals surface area contributed by atoms with Crippen molar-refractivity contribution < 1.29 is 19.2 Å². The molecule has 0 aliphatic carbocycles. The van der Waals surface area contributed by atoms with Crippen molar-refractivity contribution in [2.45, 2.75) is 13.3 Å². The number of carboxylic acids is 1. The summed E-state index contributed by atoms with van der Waals surface area (Å²) in [6.45, 7) is 1.93. The summed E-state index contributed by atoms with van der Waals surface area (Å²) < 4.78 is 4.79. The van der Waals surface area contributed by atoms with Gasteiger partial charge in [-0.2, -0.15) is 4.98 Å². The summed E-state index contributed by atoms with van der Waals surface area (Å²) in [6.07, 6.45) is 1.75. The van der Waals surface area contributed by atoms with Crippen molar-refractivity contribution >= 4 is 11.9 Å². The number of amides is 1. The van der Waals surface area contributed by atoms with Gasteiger partial charge in [-0.1, -0.05) is 5.16 Å². The highest BCUT2D eigenvalue weighted by molar-refractivity contribution is 6.03. The zero-order chi connectivity index (χ0) is 14.5. The fourth-order valence-corrected chi connectivity index (χ4v) is 1.57. The topological polar surface area (TPSA) is 118 Å². The van der Waals surface area contributed by atoms with Crippen LogP contribution in [0.3, 0.4) is 0 Å². The van der Waals surface area contributed by atoms with E-state index >= 15 is 0 Å². The largest absolute Gasteiger partial charge is 0.478 e. The van der Waals surface area contributed by atoms with Gasteiger partial charge in [0.05, 0.1) is 5.56 Å². The van der Waals surface area contributed by atoms with Gasteiger partial charge < -0.3 is 14.9 Å². The highest BCUT2D eigenvalue weighted by Gasteiger charge is 2.17. The average molecular weight is 276 g/mol. The lowest BCUT2D eigenvalue weighted by atomic mass is 10.2. The summed E-state index contributed by atoms with van der Waals surface area (Å²) in [7, 11) is 0. The zero-order valence-electron chi connectivity index (χ0n) is 10.7. The van der Waals surface area contributed by atoms with Crippen LogP contribution in [-0.2, 0) is 6.42 Å². The van der Waals surface area contributed by atoms with Crippen LogP contribution in [0.1, 0.15) is 32.6 Å². The number of aryl methyl sites for hydroxylation is 1. The van der Waals surface area contributed by atoms with E-state index in [1.165, 1.54) is 18.3 Å². The van der Waals surface area contributed by atoms with Crippen molar-refractivity contribution in [2.75, 3.05) is 6.54 Å². The third-order valence-corrected chi connectivity index (χ3v) is 2.46. The maximum Gasteiger partial charge on any atom is 0.338 e. The molecule has 104 valence electrons. The molecule has 1 amide bonds.